The monoisotopic (exact) mass is 493 g/mol. The van der Waals surface area contributed by atoms with Crippen LogP contribution in [0.2, 0.25) is 0 Å². The van der Waals surface area contributed by atoms with Crippen molar-refractivity contribution in [2.75, 3.05) is 19.8 Å². The molecule has 1 aromatic heterocycles. The Balaban J connectivity index is 1.38. The number of benzene rings is 1. The lowest BCUT2D eigenvalue weighted by atomic mass is 9.80. The van der Waals surface area contributed by atoms with E-state index in [4.69, 9.17) is 9.72 Å². The van der Waals surface area contributed by atoms with E-state index in [1.807, 2.05) is 0 Å². The van der Waals surface area contributed by atoms with Crippen LogP contribution in [0, 0.1) is 11.8 Å². The van der Waals surface area contributed by atoms with Gasteiger partial charge in [0, 0.05) is 44.7 Å². The quantitative estimate of drug-likeness (QED) is 0.383. The minimum atomic E-state index is 0.325. The molecule has 0 spiro atoms. The zero-order valence-electron chi connectivity index (χ0n) is 22.7. The van der Waals surface area contributed by atoms with E-state index in [-0.39, 0.29) is 0 Å². The maximum absolute atomic E-state index is 13.4. The summed E-state index contributed by atoms with van der Waals surface area (Å²) >= 11 is 0. The fraction of sp³-hybridized carbons (Fsp3) is 0.742. The summed E-state index contributed by atoms with van der Waals surface area (Å²) in [5.74, 6) is 3.57. The van der Waals surface area contributed by atoms with E-state index in [1.165, 1.54) is 81.1 Å². The van der Waals surface area contributed by atoms with Gasteiger partial charge < -0.3 is 14.2 Å². The molecule has 198 valence electrons. The number of aromatic nitrogens is 2. The Labute approximate surface area is 218 Å². The number of hydrogen-bond acceptors (Lipinski definition) is 3. The van der Waals surface area contributed by atoms with Crippen LogP contribution in [0.1, 0.15) is 108 Å². The second-order valence-electron chi connectivity index (χ2n) is 11.7. The molecular formula is C31H47N3O2. The van der Waals surface area contributed by atoms with Crippen molar-refractivity contribution in [3.8, 4) is 0 Å². The standard InChI is InChI=1S/C31H47N3O2/c1-3-23-10-13-26(14-11-23)31-32-28-15-12-24(20-25-17-19-36-22-25)21-29(28)34(31)18-16-30(35)33(4-2)27-8-6-5-7-9-27/h12,15,21,23,25-27H,3-11,13-14,16-20,22H2,1-2H3/t23?,25-,26?/m1/s1. The van der Waals surface area contributed by atoms with Crippen molar-refractivity contribution in [2.24, 2.45) is 11.8 Å². The highest BCUT2D eigenvalue weighted by Gasteiger charge is 2.28. The molecule has 1 atom stereocenters. The van der Waals surface area contributed by atoms with Gasteiger partial charge in [0.15, 0.2) is 0 Å². The van der Waals surface area contributed by atoms with E-state index in [1.54, 1.807) is 0 Å². The van der Waals surface area contributed by atoms with E-state index in [2.05, 4.69) is 41.5 Å². The Kier molecular flexibility index (Phi) is 8.66. The van der Waals surface area contributed by atoms with Crippen molar-refractivity contribution in [1.82, 2.24) is 14.5 Å². The van der Waals surface area contributed by atoms with Gasteiger partial charge in [0.05, 0.1) is 11.0 Å². The molecule has 0 radical (unpaired) electrons. The maximum Gasteiger partial charge on any atom is 0.224 e. The first-order valence-electron chi connectivity index (χ1n) is 15.0. The van der Waals surface area contributed by atoms with Gasteiger partial charge in [-0.3, -0.25) is 4.79 Å². The van der Waals surface area contributed by atoms with Crippen molar-refractivity contribution in [3.63, 3.8) is 0 Å². The van der Waals surface area contributed by atoms with E-state index in [0.717, 1.165) is 50.6 Å². The molecule has 2 saturated carbocycles. The van der Waals surface area contributed by atoms with Gasteiger partial charge in [-0.25, -0.2) is 4.98 Å². The summed E-state index contributed by atoms with van der Waals surface area (Å²) in [7, 11) is 0. The highest BCUT2D eigenvalue weighted by molar-refractivity contribution is 5.79. The number of ether oxygens (including phenoxy) is 1. The number of nitrogens with zero attached hydrogens (tertiary/aromatic N) is 3. The summed E-state index contributed by atoms with van der Waals surface area (Å²) in [6, 6.07) is 7.30. The van der Waals surface area contributed by atoms with Crippen LogP contribution >= 0.6 is 0 Å². The summed E-state index contributed by atoms with van der Waals surface area (Å²) in [5.41, 5.74) is 3.71. The van der Waals surface area contributed by atoms with Crippen molar-refractivity contribution in [1.29, 1.82) is 0 Å². The molecule has 0 bridgehead atoms. The van der Waals surface area contributed by atoms with Gasteiger partial charge in [0.1, 0.15) is 5.82 Å². The molecule has 2 heterocycles. The van der Waals surface area contributed by atoms with E-state index in [0.29, 0.717) is 30.2 Å². The average Bonchev–Trinajstić information content (AvgIpc) is 3.56. The zero-order chi connectivity index (χ0) is 24.9. The van der Waals surface area contributed by atoms with E-state index < -0.39 is 0 Å². The van der Waals surface area contributed by atoms with Gasteiger partial charge in [-0.2, -0.15) is 0 Å². The molecule has 2 aromatic rings. The first-order valence-corrected chi connectivity index (χ1v) is 15.0. The third kappa shape index (κ3) is 5.82. The fourth-order valence-corrected chi connectivity index (χ4v) is 7.15. The second kappa shape index (κ2) is 12.1. The SMILES string of the molecule is CCC1CCC(c2nc3ccc(C[C@H]4CCOC4)cc3n2CCC(=O)N(CC)C2CCCCC2)CC1. The highest BCUT2D eigenvalue weighted by atomic mass is 16.5. The fourth-order valence-electron chi connectivity index (χ4n) is 7.15. The second-order valence-corrected chi connectivity index (χ2v) is 11.7. The molecule has 0 unspecified atom stereocenters. The Morgan fingerprint density at radius 3 is 2.53 bits per heavy atom. The highest BCUT2D eigenvalue weighted by Crippen LogP contribution is 2.38. The number of hydrogen-bond donors (Lipinski definition) is 0. The van der Waals surface area contributed by atoms with Crippen molar-refractivity contribution in [3.05, 3.63) is 29.6 Å². The molecule has 1 saturated heterocycles. The lowest BCUT2D eigenvalue weighted by molar-refractivity contribution is -0.134. The van der Waals surface area contributed by atoms with Gasteiger partial charge >= 0.3 is 0 Å². The molecule has 1 amide bonds. The molecular weight excluding hydrogens is 446 g/mol. The molecule has 5 rings (SSSR count). The summed E-state index contributed by atoms with van der Waals surface area (Å²) in [6.45, 7) is 7.83. The number of aryl methyl sites for hydroxylation is 1. The number of imidazole rings is 1. The molecule has 3 fully saturated rings. The Bertz CT molecular complexity index is 995. The smallest absolute Gasteiger partial charge is 0.224 e. The molecule has 5 heteroatoms. The normalized spacial score (nSPS) is 25.4. The van der Waals surface area contributed by atoms with Crippen LogP contribution in [-0.2, 0) is 22.5 Å². The molecule has 0 N–H and O–H groups in total. The Hall–Kier alpha value is -1.88. The van der Waals surface area contributed by atoms with Crippen LogP contribution in [0.3, 0.4) is 0 Å². The summed E-state index contributed by atoms with van der Waals surface area (Å²) in [4.78, 5) is 20.8. The lowest BCUT2D eigenvalue weighted by Crippen LogP contribution is -2.41. The van der Waals surface area contributed by atoms with Crippen LogP contribution in [0.25, 0.3) is 11.0 Å². The number of amides is 1. The van der Waals surface area contributed by atoms with Crippen LogP contribution in [0.4, 0.5) is 0 Å². The van der Waals surface area contributed by atoms with Gasteiger partial charge in [-0.05, 0) is 87.8 Å². The number of carbonyl (C=O) groups is 1. The van der Waals surface area contributed by atoms with Crippen LogP contribution in [0.5, 0.6) is 0 Å². The minimum absolute atomic E-state index is 0.325. The maximum atomic E-state index is 13.4. The van der Waals surface area contributed by atoms with E-state index in [9.17, 15) is 4.79 Å². The molecule has 2 aliphatic carbocycles. The third-order valence-corrected chi connectivity index (χ3v) is 9.41. The molecule has 1 aliphatic heterocycles. The predicted octanol–water partition coefficient (Wildman–Crippen LogP) is 6.87. The van der Waals surface area contributed by atoms with Crippen molar-refractivity contribution < 1.29 is 9.53 Å². The largest absolute Gasteiger partial charge is 0.381 e. The topological polar surface area (TPSA) is 47.4 Å². The third-order valence-electron chi connectivity index (χ3n) is 9.41. The molecule has 5 nitrogen and oxygen atoms in total. The Morgan fingerprint density at radius 2 is 1.83 bits per heavy atom. The van der Waals surface area contributed by atoms with Crippen molar-refractivity contribution in [2.45, 2.75) is 116 Å². The van der Waals surface area contributed by atoms with Crippen LogP contribution in [0.15, 0.2) is 18.2 Å². The average molecular weight is 494 g/mol. The number of carbonyl (C=O) groups excluding carboxylic acids is 1. The van der Waals surface area contributed by atoms with Crippen molar-refractivity contribution >= 4 is 16.9 Å². The molecule has 1 aromatic carbocycles. The predicted molar refractivity (Wildman–Crippen MR) is 146 cm³/mol. The molecule has 36 heavy (non-hydrogen) atoms. The number of rotatable bonds is 9. The summed E-state index contributed by atoms with van der Waals surface area (Å²) < 4.78 is 8.07. The van der Waals surface area contributed by atoms with Gasteiger partial charge in [-0.15, -0.1) is 0 Å². The van der Waals surface area contributed by atoms with Crippen LogP contribution < -0.4 is 0 Å². The minimum Gasteiger partial charge on any atom is -0.381 e. The van der Waals surface area contributed by atoms with Gasteiger partial charge in [0.2, 0.25) is 5.91 Å². The number of fused-ring (bicyclic) bond motifs is 1. The van der Waals surface area contributed by atoms with Crippen LogP contribution in [-0.4, -0.2) is 46.2 Å². The van der Waals surface area contributed by atoms with Gasteiger partial charge in [-0.1, -0.05) is 38.7 Å². The molecule has 3 aliphatic rings. The Morgan fingerprint density at radius 1 is 1.03 bits per heavy atom. The summed E-state index contributed by atoms with van der Waals surface area (Å²) in [5, 5.41) is 0. The lowest BCUT2D eigenvalue weighted by Gasteiger charge is -2.34. The summed E-state index contributed by atoms with van der Waals surface area (Å²) in [6.07, 6.45) is 15.4. The van der Waals surface area contributed by atoms with E-state index >= 15 is 0 Å². The first-order chi connectivity index (χ1) is 17.7. The first kappa shape index (κ1) is 25.8. The zero-order valence-corrected chi connectivity index (χ0v) is 22.7. The van der Waals surface area contributed by atoms with Gasteiger partial charge in [0.25, 0.3) is 0 Å².